The van der Waals surface area contributed by atoms with Crippen LogP contribution in [0.4, 0.5) is 10.1 Å². The second kappa shape index (κ2) is 6.72. The summed E-state index contributed by atoms with van der Waals surface area (Å²) >= 11 is 1.84. The minimum Gasteiger partial charge on any atom is -0.399 e. The molecule has 1 aromatic carbocycles. The molecule has 0 heterocycles. The zero-order chi connectivity index (χ0) is 11.1. The van der Waals surface area contributed by atoms with Gasteiger partial charge in [0, 0.05) is 11.4 Å². The van der Waals surface area contributed by atoms with Crippen molar-refractivity contribution in [2.24, 2.45) is 0 Å². The summed E-state index contributed by atoms with van der Waals surface area (Å²) in [6, 6.07) is 4.75. The van der Waals surface area contributed by atoms with Crippen LogP contribution >= 0.6 is 11.8 Å². The molecule has 1 nitrogen and oxygen atoms in total. The fourth-order valence-electron chi connectivity index (χ4n) is 1.40. The Labute approximate surface area is 95.2 Å². The number of hydrogen-bond acceptors (Lipinski definition) is 2. The summed E-state index contributed by atoms with van der Waals surface area (Å²) in [6.45, 7) is 2.19. The summed E-state index contributed by atoms with van der Waals surface area (Å²) in [5.41, 5.74) is 7.06. The van der Waals surface area contributed by atoms with Crippen LogP contribution in [0.2, 0.25) is 0 Å². The van der Waals surface area contributed by atoms with Gasteiger partial charge in [0.15, 0.2) is 0 Å². The van der Waals surface area contributed by atoms with Crippen molar-refractivity contribution in [3.63, 3.8) is 0 Å². The van der Waals surface area contributed by atoms with Crippen LogP contribution in [-0.4, -0.2) is 5.75 Å². The number of thioether (sulfide) groups is 1. The molecule has 0 atom stereocenters. The highest BCUT2D eigenvalue weighted by molar-refractivity contribution is 7.98. The normalized spacial score (nSPS) is 10.5. The van der Waals surface area contributed by atoms with E-state index in [9.17, 15) is 4.39 Å². The average Bonchev–Trinajstić information content (AvgIpc) is 2.16. The van der Waals surface area contributed by atoms with Crippen molar-refractivity contribution in [2.75, 3.05) is 11.5 Å². The Morgan fingerprint density at radius 1 is 1.27 bits per heavy atom. The van der Waals surface area contributed by atoms with Crippen LogP contribution in [0, 0.1) is 5.82 Å². The van der Waals surface area contributed by atoms with Crippen LogP contribution < -0.4 is 5.73 Å². The standard InChI is InChI=1S/C12H18FNS/c1-2-3-4-5-15-9-10-6-11(13)8-12(14)7-10/h6-8H,2-5,9,14H2,1H3. The predicted octanol–water partition coefficient (Wildman–Crippen LogP) is 3.83. The van der Waals surface area contributed by atoms with E-state index in [-0.39, 0.29) is 5.82 Å². The van der Waals surface area contributed by atoms with Crippen molar-refractivity contribution in [3.8, 4) is 0 Å². The van der Waals surface area contributed by atoms with E-state index >= 15 is 0 Å². The first-order valence-corrected chi connectivity index (χ1v) is 6.50. The number of nitrogens with two attached hydrogens (primary N) is 1. The maximum Gasteiger partial charge on any atom is 0.125 e. The number of hydrogen-bond donors (Lipinski definition) is 1. The van der Waals surface area contributed by atoms with E-state index in [2.05, 4.69) is 6.92 Å². The van der Waals surface area contributed by atoms with Gasteiger partial charge in [0.1, 0.15) is 5.82 Å². The van der Waals surface area contributed by atoms with Gasteiger partial charge >= 0.3 is 0 Å². The van der Waals surface area contributed by atoms with E-state index in [0.717, 1.165) is 17.1 Å². The Bertz CT molecular complexity index is 281. The average molecular weight is 227 g/mol. The minimum atomic E-state index is -0.237. The molecule has 0 aromatic heterocycles. The maximum absolute atomic E-state index is 13.0. The highest BCUT2D eigenvalue weighted by Gasteiger charge is 1.98. The van der Waals surface area contributed by atoms with Crippen molar-refractivity contribution in [1.82, 2.24) is 0 Å². The van der Waals surface area contributed by atoms with E-state index < -0.39 is 0 Å². The zero-order valence-corrected chi connectivity index (χ0v) is 9.95. The van der Waals surface area contributed by atoms with E-state index in [1.807, 2.05) is 17.8 Å². The van der Waals surface area contributed by atoms with Gasteiger partial charge in [0.25, 0.3) is 0 Å². The third kappa shape index (κ3) is 5.07. The monoisotopic (exact) mass is 227 g/mol. The number of halogens is 1. The minimum absolute atomic E-state index is 0.237. The summed E-state index contributed by atoms with van der Waals surface area (Å²) in [4.78, 5) is 0. The van der Waals surface area contributed by atoms with Crippen LogP contribution in [0.15, 0.2) is 18.2 Å². The zero-order valence-electron chi connectivity index (χ0n) is 9.13. The Hall–Kier alpha value is -0.700. The Morgan fingerprint density at radius 3 is 2.73 bits per heavy atom. The molecule has 15 heavy (non-hydrogen) atoms. The van der Waals surface area contributed by atoms with Gasteiger partial charge in [0.2, 0.25) is 0 Å². The molecule has 1 aromatic rings. The second-order valence-corrected chi connectivity index (χ2v) is 4.76. The van der Waals surface area contributed by atoms with Gasteiger partial charge in [-0.15, -0.1) is 0 Å². The molecule has 0 fully saturated rings. The first kappa shape index (κ1) is 12.4. The van der Waals surface area contributed by atoms with Crippen molar-refractivity contribution >= 4 is 17.4 Å². The first-order valence-electron chi connectivity index (χ1n) is 5.35. The lowest BCUT2D eigenvalue weighted by atomic mass is 10.2. The molecular weight excluding hydrogens is 209 g/mol. The highest BCUT2D eigenvalue weighted by Crippen LogP contribution is 2.18. The molecule has 0 aliphatic heterocycles. The lowest BCUT2D eigenvalue weighted by molar-refractivity contribution is 0.627. The van der Waals surface area contributed by atoms with Gasteiger partial charge in [0.05, 0.1) is 0 Å². The largest absolute Gasteiger partial charge is 0.399 e. The van der Waals surface area contributed by atoms with Crippen LogP contribution in [-0.2, 0) is 5.75 Å². The van der Waals surface area contributed by atoms with E-state index in [1.165, 1.54) is 25.3 Å². The molecule has 84 valence electrons. The fraction of sp³-hybridized carbons (Fsp3) is 0.500. The lowest BCUT2D eigenvalue weighted by Gasteiger charge is -2.03. The fourth-order valence-corrected chi connectivity index (χ4v) is 2.36. The smallest absolute Gasteiger partial charge is 0.125 e. The topological polar surface area (TPSA) is 26.0 Å². The van der Waals surface area contributed by atoms with E-state index in [1.54, 1.807) is 6.07 Å². The molecule has 0 radical (unpaired) electrons. The number of rotatable bonds is 6. The summed E-state index contributed by atoms with van der Waals surface area (Å²) in [7, 11) is 0. The molecule has 0 spiro atoms. The molecule has 3 heteroatoms. The van der Waals surface area contributed by atoms with E-state index in [0.29, 0.717) is 5.69 Å². The van der Waals surface area contributed by atoms with Crippen LogP contribution in [0.5, 0.6) is 0 Å². The predicted molar refractivity (Wildman–Crippen MR) is 66.5 cm³/mol. The Kier molecular flexibility index (Phi) is 5.54. The number of benzene rings is 1. The molecule has 2 N–H and O–H groups in total. The molecule has 0 saturated heterocycles. The van der Waals surface area contributed by atoms with Crippen LogP contribution in [0.25, 0.3) is 0 Å². The molecule has 0 unspecified atom stereocenters. The summed E-state index contributed by atoms with van der Waals surface area (Å²) in [5.74, 6) is 1.76. The number of unbranched alkanes of at least 4 members (excludes halogenated alkanes) is 2. The molecule has 1 rings (SSSR count). The summed E-state index contributed by atoms with van der Waals surface area (Å²) in [5, 5.41) is 0. The summed E-state index contributed by atoms with van der Waals surface area (Å²) < 4.78 is 13.0. The SMILES string of the molecule is CCCCCSCc1cc(N)cc(F)c1. The Balaban J connectivity index is 2.31. The van der Waals surface area contributed by atoms with Gasteiger partial charge in [-0.2, -0.15) is 11.8 Å². The Morgan fingerprint density at radius 2 is 2.07 bits per heavy atom. The lowest BCUT2D eigenvalue weighted by Crippen LogP contribution is -1.91. The molecule has 0 saturated carbocycles. The molecule has 0 aliphatic carbocycles. The highest BCUT2D eigenvalue weighted by atomic mass is 32.2. The van der Waals surface area contributed by atoms with Gasteiger partial charge in [-0.1, -0.05) is 19.8 Å². The van der Waals surface area contributed by atoms with Crippen molar-refractivity contribution < 1.29 is 4.39 Å². The van der Waals surface area contributed by atoms with Gasteiger partial charge in [-0.05, 0) is 35.9 Å². The number of nitrogen functional groups attached to an aromatic ring is 1. The third-order valence-corrected chi connectivity index (χ3v) is 3.26. The third-order valence-electron chi connectivity index (χ3n) is 2.14. The van der Waals surface area contributed by atoms with Gasteiger partial charge in [-0.25, -0.2) is 4.39 Å². The van der Waals surface area contributed by atoms with Crippen molar-refractivity contribution in [1.29, 1.82) is 0 Å². The maximum atomic E-state index is 13.0. The van der Waals surface area contributed by atoms with Gasteiger partial charge < -0.3 is 5.73 Å². The van der Waals surface area contributed by atoms with Crippen molar-refractivity contribution in [3.05, 3.63) is 29.6 Å². The van der Waals surface area contributed by atoms with E-state index in [4.69, 9.17) is 5.73 Å². The van der Waals surface area contributed by atoms with Gasteiger partial charge in [-0.3, -0.25) is 0 Å². The molecule has 0 aliphatic rings. The van der Waals surface area contributed by atoms with Crippen molar-refractivity contribution in [2.45, 2.75) is 31.9 Å². The summed E-state index contributed by atoms with van der Waals surface area (Å²) in [6.07, 6.45) is 3.76. The molecular formula is C12H18FNS. The van der Waals surface area contributed by atoms with Crippen LogP contribution in [0.1, 0.15) is 31.7 Å². The molecule has 0 bridgehead atoms. The van der Waals surface area contributed by atoms with Crippen LogP contribution in [0.3, 0.4) is 0 Å². The molecule has 0 amide bonds. The quantitative estimate of drug-likeness (QED) is 0.590. The second-order valence-electron chi connectivity index (χ2n) is 3.65. The first-order chi connectivity index (χ1) is 7.22. The number of anilines is 1.